The van der Waals surface area contributed by atoms with Crippen LogP contribution in [0.1, 0.15) is 56.0 Å². The first-order valence-electron chi connectivity index (χ1n) is 12.2. The summed E-state index contributed by atoms with van der Waals surface area (Å²) in [5.74, 6) is -1.30. The summed E-state index contributed by atoms with van der Waals surface area (Å²) in [5, 5.41) is 0. The number of nitrogens with zero attached hydrogens (tertiary/aromatic N) is 1. The second-order valence-corrected chi connectivity index (χ2v) is 9.88. The Morgan fingerprint density at radius 3 is 1.95 bits per heavy atom. The number of carbonyl (C=O) groups is 3. The number of rotatable bonds is 6. The van der Waals surface area contributed by atoms with Crippen LogP contribution in [0.5, 0.6) is 0 Å². The molecular formula is C30H31NO6. The largest absolute Gasteiger partial charge is 0.460 e. The van der Waals surface area contributed by atoms with E-state index in [0.29, 0.717) is 0 Å². The first-order chi connectivity index (χ1) is 17.7. The molecular weight excluding hydrogens is 470 g/mol. The molecule has 7 nitrogen and oxygen atoms in total. The van der Waals surface area contributed by atoms with Crippen molar-refractivity contribution < 1.29 is 28.6 Å². The molecule has 4 rings (SSSR count). The average Bonchev–Trinajstić information content (AvgIpc) is 2.88. The summed E-state index contributed by atoms with van der Waals surface area (Å²) in [5.41, 5.74) is 1.52. The van der Waals surface area contributed by atoms with Crippen molar-refractivity contribution in [2.24, 2.45) is 0 Å². The maximum absolute atomic E-state index is 13.7. The van der Waals surface area contributed by atoms with Gasteiger partial charge < -0.3 is 14.2 Å². The highest BCUT2D eigenvalue weighted by Crippen LogP contribution is 2.43. The molecule has 0 radical (unpaired) electrons. The van der Waals surface area contributed by atoms with Gasteiger partial charge in [0.25, 0.3) is 0 Å². The molecule has 37 heavy (non-hydrogen) atoms. The quantitative estimate of drug-likeness (QED) is 0.315. The van der Waals surface area contributed by atoms with Crippen LogP contribution in [0.15, 0.2) is 91.0 Å². The summed E-state index contributed by atoms with van der Waals surface area (Å²) in [6.07, 6.45) is -1.87. The van der Waals surface area contributed by atoms with Crippen LogP contribution in [-0.4, -0.2) is 34.6 Å². The van der Waals surface area contributed by atoms with E-state index in [2.05, 4.69) is 0 Å². The van der Waals surface area contributed by atoms with E-state index in [9.17, 15) is 14.4 Å². The fraction of sp³-hybridized carbons (Fsp3) is 0.300. The Kier molecular flexibility index (Phi) is 7.92. The average molecular weight is 502 g/mol. The molecule has 1 amide bonds. The third kappa shape index (κ3) is 6.55. The maximum Gasteiger partial charge on any atom is 0.411 e. The fourth-order valence-corrected chi connectivity index (χ4v) is 4.36. The van der Waals surface area contributed by atoms with Gasteiger partial charge in [-0.05, 0) is 37.5 Å². The highest BCUT2D eigenvalue weighted by Gasteiger charge is 2.49. The Morgan fingerprint density at radius 2 is 1.38 bits per heavy atom. The van der Waals surface area contributed by atoms with Gasteiger partial charge in [-0.1, -0.05) is 91.0 Å². The van der Waals surface area contributed by atoms with E-state index in [1.54, 1.807) is 20.8 Å². The van der Waals surface area contributed by atoms with Crippen molar-refractivity contribution in [3.05, 3.63) is 108 Å². The molecule has 1 aliphatic heterocycles. The third-order valence-electron chi connectivity index (χ3n) is 5.90. The van der Waals surface area contributed by atoms with Crippen molar-refractivity contribution in [3.8, 4) is 0 Å². The van der Waals surface area contributed by atoms with Crippen molar-refractivity contribution in [2.75, 3.05) is 0 Å². The topological polar surface area (TPSA) is 82.1 Å². The number of esters is 2. The number of cyclic esters (lactones) is 1. The second kappa shape index (κ2) is 11.3. The van der Waals surface area contributed by atoms with Crippen molar-refractivity contribution >= 4 is 18.0 Å². The Morgan fingerprint density at radius 1 is 0.838 bits per heavy atom. The highest BCUT2D eigenvalue weighted by molar-refractivity contribution is 5.88. The van der Waals surface area contributed by atoms with E-state index in [1.807, 2.05) is 91.0 Å². The van der Waals surface area contributed by atoms with Crippen LogP contribution in [0.2, 0.25) is 0 Å². The van der Waals surface area contributed by atoms with Gasteiger partial charge in [0.2, 0.25) is 0 Å². The predicted molar refractivity (Wildman–Crippen MR) is 137 cm³/mol. The molecule has 1 saturated heterocycles. The van der Waals surface area contributed by atoms with Gasteiger partial charge >= 0.3 is 18.0 Å². The number of benzene rings is 3. The molecule has 3 aromatic carbocycles. The first kappa shape index (κ1) is 25.9. The highest BCUT2D eigenvalue weighted by atomic mass is 16.6. The number of morpholine rings is 1. The van der Waals surface area contributed by atoms with E-state index in [0.717, 1.165) is 16.7 Å². The van der Waals surface area contributed by atoms with Crippen LogP contribution in [-0.2, 0) is 30.4 Å². The van der Waals surface area contributed by atoms with Crippen molar-refractivity contribution in [2.45, 2.75) is 57.6 Å². The van der Waals surface area contributed by atoms with Gasteiger partial charge in [-0.25, -0.2) is 9.59 Å². The molecule has 3 aromatic rings. The minimum Gasteiger partial charge on any atom is -0.460 e. The Balaban J connectivity index is 1.74. The molecule has 3 atom stereocenters. The monoisotopic (exact) mass is 501 g/mol. The summed E-state index contributed by atoms with van der Waals surface area (Å²) in [4.78, 5) is 41.2. The maximum atomic E-state index is 13.7. The molecule has 0 N–H and O–H groups in total. The van der Waals surface area contributed by atoms with E-state index in [1.165, 1.54) is 4.90 Å². The number of hydrogen-bond donors (Lipinski definition) is 0. The summed E-state index contributed by atoms with van der Waals surface area (Å²) in [6.45, 7) is 5.25. The van der Waals surface area contributed by atoms with E-state index >= 15 is 0 Å². The number of carbonyl (C=O) groups excluding carboxylic acids is 3. The van der Waals surface area contributed by atoms with Crippen molar-refractivity contribution in [1.82, 2.24) is 4.90 Å². The van der Waals surface area contributed by atoms with Gasteiger partial charge in [0.1, 0.15) is 24.3 Å². The van der Waals surface area contributed by atoms with Crippen molar-refractivity contribution in [1.29, 1.82) is 0 Å². The van der Waals surface area contributed by atoms with Gasteiger partial charge in [-0.15, -0.1) is 0 Å². The van der Waals surface area contributed by atoms with Crippen LogP contribution in [0, 0.1) is 0 Å². The SMILES string of the molecule is CC(C)(C)OC(=O)C[C@@H]1C(=O)O[C@@H](c2ccccc2)[C@@H](c2ccccc2)N1C(=O)OCc1ccccc1. The van der Waals surface area contributed by atoms with Gasteiger partial charge in [-0.2, -0.15) is 0 Å². The van der Waals surface area contributed by atoms with Crippen molar-refractivity contribution in [3.63, 3.8) is 0 Å². The number of hydrogen-bond acceptors (Lipinski definition) is 6. The van der Waals surface area contributed by atoms with Gasteiger partial charge in [0, 0.05) is 0 Å². The smallest absolute Gasteiger partial charge is 0.411 e. The molecule has 0 saturated carbocycles. The molecule has 0 aromatic heterocycles. The lowest BCUT2D eigenvalue weighted by Gasteiger charge is -2.44. The molecule has 0 spiro atoms. The summed E-state index contributed by atoms with van der Waals surface area (Å²) >= 11 is 0. The minimum atomic E-state index is -1.22. The molecule has 1 fully saturated rings. The normalized spacial score (nSPS) is 19.6. The van der Waals surface area contributed by atoms with Crippen LogP contribution in [0.3, 0.4) is 0 Å². The molecule has 192 valence electrons. The molecule has 1 heterocycles. The summed E-state index contributed by atoms with van der Waals surface area (Å²) < 4.78 is 17.1. The lowest BCUT2D eigenvalue weighted by molar-refractivity contribution is -0.178. The molecule has 0 unspecified atom stereocenters. The van der Waals surface area contributed by atoms with Gasteiger partial charge in [-0.3, -0.25) is 9.69 Å². The zero-order valence-corrected chi connectivity index (χ0v) is 21.2. The number of amides is 1. The zero-order chi connectivity index (χ0) is 26.4. The van der Waals surface area contributed by atoms with Gasteiger partial charge in [0.15, 0.2) is 6.10 Å². The lowest BCUT2D eigenvalue weighted by Crippen LogP contribution is -2.55. The standard InChI is InChI=1S/C30H31NO6/c1-30(2,3)37-25(32)19-24-28(33)36-27(23-17-11-6-12-18-23)26(22-15-9-5-10-16-22)31(24)29(34)35-20-21-13-7-4-8-14-21/h4-18,24,26-27H,19-20H2,1-3H3/t24-,26-,27+/m1/s1. The molecule has 0 aliphatic carbocycles. The molecule has 0 bridgehead atoms. The molecule has 1 aliphatic rings. The summed E-state index contributed by atoms with van der Waals surface area (Å²) in [7, 11) is 0. The predicted octanol–water partition coefficient (Wildman–Crippen LogP) is 5.77. The Hall–Kier alpha value is -4.13. The van der Waals surface area contributed by atoms with Gasteiger partial charge in [0.05, 0.1) is 6.42 Å². The Labute approximate surface area is 217 Å². The lowest BCUT2D eigenvalue weighted by atomic mass is 9.90. The first-order valence-corrected chi connectivity index (χ1v) is 12.2. The summed E-state index contributed by atoms with van der Waals surface area (Å²) in [6, 6.07) is 25.9. The third-order valence-corrected chi connectivity index (χ3v) is 5.90. The Bertz CT molecular complexity index is 1210. The number of ether oxygens (including phenoxy) is 3. The fourth-order valence-electron chi connectivity index (χ4n) is 4.36. The second-order valence-electron chi connectivity index (χ2n) is 9.88. The van der Waals surface area contributed by atoms with E-state index in [4.69, 9.17) is 14.2 Å². The van der Waals surface area contributed by atoms with Crippen LogP contribution >= 0.6 is 0 Å². The van der Waals surface area contributed by atoms with E-state index in [-0.39, 0.29) is 13.0 Å². The zero-order valence-electron chi connectivity index (χ0n) is 21.2. The molecule has 7 heteroatoms. The van der Waals surface area contributed by atoms with Crippen LogP contribution < -0.4 is 0 Å². The minimum absolute atomic E-state index is 0.0158. The van der Waals surface area contributed by atoms with Crippen LogP contribution in [0.25, 0.3) is 0 Å². The van der Waals surface area contributed by atoms with Crippen LogP contribution in [0.4, 0.5) is 4.79 Å². The van der Waals surface area contributed by atoms with E-state index < -0.39 is 41.8 Å².